The molecule has 3 aromatic rings. The molecule has 2 heterocycles. The number of alkyl halides is 1. The van der Waals surface area contributed by atoms with E-state index in [1.54, 1.807) is 23.9 Å². The highest BCUT2D eigenvalue weighted by atomic mass is 127. The molecule has 4 rings (SSSR count). The number of hydrogen-bond donors (Lipinski definition) is 3. The summed E-state index contributed by atoms with van der Waals surface area (Å²) in [5.41, 5.74) is 2.43. The number of piperazine rings is 1. The summed E-state index contributed by atoms with van der Waals surface area (Å²) in [5.74, 6) is 2.53. The Labute approximate surface area is 223 Å². The second-order valence-electron chi connectivity index (χ2n) is 8.00. The summed E-state index contributed by atoms with van der Waals surface area (Å²) < 4.78 is 0.293. The molecule has 1 saturated heterocycles. The molecule has 7 nitrogen and oxygen atoms in total. The molecular weight excluding hydrogens is 583 g/mol. The van der Waals surface area contributed by atoms with E-state index in [2.05, 4.69) is 55.2 Å². The predicted molar refractivity (Wildman–Crippen MR) is 149 cm³/mol. The topological polar surface area (TPSA) is 86.2 Å². The van der Waals surface area contributed by atoms with E-state index in [9.17, 15) is 5.11 Å². The largest absolute Gasteiger partial charge is 0.508 e. The maximum atomic E-state index is 9.47. The van der Waals surface area contributed by atoms with Gasteiger partial charge in [-0.25, -0.2) is 0 Å². The zero-order chi connectivity index (χ0) is 23.8. The Hall–Kier alpha value is -1.82. The Bertz CT molecular complexity index is 1060. The van der Waals surface area contributed by atoms with Gasteiger partial charge in [-0.15, -0.1) is 0 Å². The van der Waals surface area contributed by atoms with Crippen molar-refractivity contribution < 1.29 is 5.11 Å². The summed E-state index contributed by atoms with van der Waals surface area (Å²) in [6.07, 6.45) is 2.83. The van der Waals surface area contributed by atoms with Crippen molar-refractivity contribution in [3.8, 4) is 5.75 Å². The predicted octanol–water partition coefficient (Wildman–Crippen LogP) is 4.78. The van der Waals surface area contributed by atoms with Gasteiger partial charge in [0.2, 0.25) is 11.9 Å². The lowest BCUT2D eigenvalue weighted by Crippen LogP contribution is -2.49. The van der Waals surface area contributed by atoms with Crippen LogP contribution >= 0.6 is 46.0 Å². The third kappa shape index (κ3) is 7.59. The van der Waals surface area contributed by atoms with Gasteiger partial charge in [-0.3, -0.25) is 0 Å². The maximum absolute atomic E-state index is 9.47. The van der Waals surface area contributed by atoms with Gasteiger partial charge < -0.3 is 20.6 Å². The van der Waals surface area contributed by atoms with Crippen molar-refractivity contribution in [2.45, 2.75) is 28.5 Å². The minimum atomic E-state index is 0.279. The summed E-state index contributed by atoms with van der Waals surface area (Å²) >= 11 is 10.1. The Morgan fingerprint density at radius 3 is 2.56 bits per heavy atom. The number of phenolic OH excluding ortho intramolecular Hbond substituents is 1. The van der Waals surface area contributed by atoms with E-state index < -0.39 is 0 Å². The first-order chi connectivity index (χ1) is 16.6. The zero-order valence-corrected chi connectivity index (χ0v) is 22.5. The summed E-state index contributed by atoms with van der Waals surface area (Å²) in [6, 6.07) is 15.3. The first-order valence-corrected chi connectivity index (χ1v) is 13.9. The van der Waals surface area contributed by atoms with Crippen LogP contribution in [0.3, 0.4) is 0 Å². The molecule has 0 amide bonds. The lowest BCUT2D eigenvalue weighted by Gasteiger charge is -2.32. The molecule has 2 aromatic carbocycles. The van der Waals surface area contributed by atoms with Crippen LogP contribution in [0.1, 0.15) is 17.5 Å². The molecule has 1 aliphatic rings. The van der Waals surface area contributed by atoms with Crippen LogP contribution in [0.4, 0.5) is 11.9 Å². The molecule has 0 aliphatic carbocycles. The van der Waals surface area contributed by atoms with Gasteiger partial charge in [-0.1, -0.05) is 70.2 Å². The van der Waals surface area contributed by atoms with Crippen LogP contribution in [0.2, 0.25) is 5.02 Å². The van der Waals surface area contributed by atoms with E-state index in [1.807, 2.05) is 24.3 Å². The minimum absolute atomic E-state index is 0.279. The molecule has 1 aromatic heterocycles. The Balaban J connectivity index is 1.39. The third-order valence-electron chi connectivity index (χ3n) is 5.43. The van der Waals surface area contributed by atoms with Gasteiger partial charge >= 0.3 is 0 Å². The second-order valence-corrected chi connectivity index (χ2v) is 10.9. The van der Waals surface area contributed by atoms with Crippen molar-refractivity contribution in [2.75, 3.05) is 42.1 Å². The lowest BCUT2D eigenvalue weighted by atomic mass is 10.1. The minimum Gasteiger partial charge on any atom is -0.508 e. The molecule has 1 fully saturated rings. The highest BCUT2D eigenvalue weighted by molar-refractivity contribution is 14.1. The smallest absolute Gasteiger partial charge is 0.232 e. The molecule has 1 atom stereocenters. The van der Waals surface area contributed by atoms with Gasteiger partial charge in [0, 0.05) is 37.0 Å². The number of benzene rings is 2. The fourth-order valence-electron chi connectivity index (χ4n) is 3.59. The van der Waals surface area contributed by atoms with Gasteiger partial charge in [0.25, 0.3) is 0 Å². The number of halogens is 2. The van der Waals surface area contributed by atoms with Crippen molar-refractivity contribution in [1.82, 2.24) is 20.3 Å². The SMILES string of the molecule is Oc1ccc(CCNc2nc(SCCCc3ccc(Cl)cc3)nc(N3CCNCC3I)n2)cc1. The molecule has 3 N–H and O–H groups in total. The number of thioether (sulfide) groups is 1. The zero-order valence-electron chi connectivity index (χ0n) is 18.8. The molecule has 180 valence electrons. The molecule has 34 heavy (non-hydrogen) atoms. The van der Waals surface area contributed by atoms with Crippen molar-refractivity contribution >= 4 is 57.9 Å². The second kappa shape index (κ2) is 12.8. The standard InChI is InChI=1S/C24H28ClIN6OS/c25-19-7-3-17(4-8-19)2-1-15-34-24-30-22(28-12-11-18-5-9-20(33)10-6-18)29-23(31-24)32-14-13-27-16-21(32)26/h3-10,21,27,33H,1-2,11-16H2,(H,28,29,30,31). The van der Waals surface area contributed by atoms with Crippen LogP contribution in [0.5, 0.6) is 5.75 Å². The molecule has 1 aliphatic heterocycles. The quantitative estimate of drug-likeness (QED) is 0.0995. The Kier molecular flexibility index (Phi) is 9.49. The number of hydrogen-bond acceptors (Lipinski definition) is 8. The summed E-state index contributed by atoms with van der Waals surface area (Å²) in [6.45, 7) is 3.38. The Morgan fingerprint density at radius 2 is 1.79 bits per heavy atom. The fourth-order valence-corrected chi connectivity index (χ4v) is 5.32. The number of aromatic nitrogens is 3. The summed E-state index contributed by atoms with van der Waals surface area (Å²) in [7, 11) is 0. The number of aryl methyl sites for hydroxylation is 1. The van der Waals surface area contributed by atoms with E-state index >= 15 is 0 Å². The Morgan fingerprint density at radius 1 is 1.06 bits per heavy atom. The molecule has 0 radical (unpaired) electrons. The molecule has 0 saturated carbocycles. The van der Waals surface area contributed by atoms with E-state index in [0.29, 0.717) is 16.5 Å². The van der Waals surface area contributed by atoms with Crippen molar-refractivity contribution in [3.63, 3.8) is 0 Å². The molecule has 1 unspecified atom stereocenters. The van der Waals surface area contributed by atoms with Gasteiger partial charge in [-0.05, 0) is 54.7 Å². The van der Waals surface area contributed by atoms with Gasteiger partial charge in [0.1, 0.15) is 5.75 Å². The average molecular weight is 611 g/mol. The normalized spacial score (nSPS) is 15.9. The van der Waals surface area contributed by atoms with Gasteiger partial charge in [0.05, 0.1) is 4.05 Å². The first-order valence-electron chi connectivity index (χ1n) is 11.3. The van der Waals surface area contributed by atoms with Crippen LogP contribution in [0, 0.1) is 0 Å². The van der Waals surface area contributed by atoms with Crippen LogP contribution in [0.25, 0.3) is 0 Å². The molecule has 0 bridgehead atoms. The van der Waals surface area contributed by atoms with Crippen LogP contribution in [-0.2, 0) is 12.8 Å². The van der Waals surface area contributed by atoms with Crippen LogP contribution < -0.4 is 15.5 Å². The summed E-state index contributed by atoms with van der Waals surface area (Å²) in [5, 5.41) is 17.8. The van der Waals surface area contributed by atoms with E-state index in [0.717, 1.165) is 66.3 Å². The lowest BCUT2D eigenvalue weighted by molar-refractivity contribution is 0.475. The molecular formula is C24H28ClIN6OS. The van der Waals surface area contributed by atoms with Crippen LogP contribution in [0.15, 0.2) is 53.7 Å². The number of rotatable bonds is 10. The monoisotopic (exact) mass is 610 g/mol. The van der Waals surface area contributed by atoms with Gasteiger partial charge in [0.15, 0.2) is 5.16 Å². The van der Waals surface area contributed by atoms with Crippen molar-refractivity contribution in [2.24, 2.45) is 0 Å². The number of aromatic hydroxyl groups is 1. The third-order valence-corrected chi connectivity index (χ3v) is 7.73. The highest BCUT2D eigenvalue weighted by Crippen LogP contribution is 2.24. The number of nitrogens with one attached hydrogen (secondary N) is 2. The first kappa shape index (κ1) is 25.3. The van der Waals surface area contributed by atoms with Crippen LogP contribution in [-0.4, -0.2) is 56.0 Å². The van der Waals surface area contributed by atoms with Crippen molar-refractivity contribution in [3.05, 3.63) is 64.7 Å². The van der Waals surface area contributed by atoms with Gasteiger partial charge in [-0.2, -0.15) is 15.0 Å². The average Bonchev–Trinajstić information content (AvgIpc) is 2.84. The fraction of sp³-hybridized carbons (Fsp3) is 0.375. The number of phenols is 1. The number of anilines is 2. The van der Waals surface area contributed by atoms with Crippen molar-refractivity contribution in [1.29, 1.82) is 0 Å². The maximum Gasteiger partial charge on any atom is 0.232 e. The molecule has 10 heteroatoms. The van der Waals surface area contributed by atoms with E-state index in [-0.39, 0.29) is 5.75 Å². The molecule has 0 spiro atoms. The van der Waals surface area contributed by atoms with E-state index in [4.69, 9.17) is 21.6 Å². The number of nitrogens with zero attached hydrogens (tertiary/aromatic N) is 4. The summed E-state index contributed by atoms with van der Waals surface area (Å²) in [4.78, 5) is 16.4. The van der Waals surface area contributed by atoms with E-state index in [1.165, 1.54) is 5.56 Å². The highest BCUT2D eigenvalue weighted by Gasteiger charge is 2.23.